The van der Waals surface area contributed by atoms with Crippen LogP contribution in [0.15, 0.2) is 82.8 Å². The van der Waals surface area contributed by atoms with Gasteiger partial charge in [0, 0.05) is 11.6 Å². The highest BCUT2D eigenvalue weighted by molar-refractivity contribution is 7.89. The molecule has 1 amide bonds. The topological polar surface area (TPSA) is 78.8 Å². The van der Waals surface area contributed by atoms with Crippen LogP contribution < -0.4 is 5.43 Å². The molecule has 0 aliphatic carbocycles. The van der Waals surface area contributed by atoms with Crippen molar-refractivity contribution in [1.29, 1.82) is 0 Å². The fourth-order valence-corrected chi connectivity index (χ4v) is 4.50. The van der Waals surface area contributed by atoms with Gasteiger partial charge in [0.1, 0.15) is 0 Å². The summed E-state index contributed by atoms with van der Waals surface area (Å²) in [7, 11) is -3.95. The molecule has 1 N–H and O–H groups in total. The molecule has 3 aromatic carbocycles. The van der Waals surface area contributed by atoms with E-state index in [1.807, 2.05) is 38.1 Å². The van der Waals surface area contributed by atoms with E-state index < -0.39 is 22.5 Å². The normalized spacial score (nSPS) is 11.8. The molecule has 0 fully saturated rings. The minimum absolute atomic E-state index is 0.0506. The summed E-state index contributed by atoms with van der Waals surface area (Å²) < 4.78 is 27.7. The molecule has 0 radical (unpaired) electrons. The second-order valence-corrected chi connectivity index (χ2v) is 9.73. The summed E-state index contributed by atoms with van der Waals surface area (Å²) >= 11 is 6.24. The zero-order chi connectivity index (χ0) is 23.1. The molecular formula is C24H24ClN3O3S. The highest BCUT2D eigenvalue weighted by atomic mass is 35.5. The van der Waals surface area contributed by atoms with Gasteiger partial charge >= 0.3 is 0 Å². The molecule has 0 bridgehead atoms. The Morgan fingerprint density at radius 1 is 0.969 bits per heavy atom. The maximum absolute atomic E-state index is 13.3. The van der Waals surface area contributed by atoms with Gasteiger partial charge in [-0.05, 0) is 43.2 Å². The number of amides is 1. The van der Waals surface area contributed by atoms with Crippen LogP contribution in [0.5, 0.6) is 0 Å². The van der Waals surface area contributed by atoms with Gasteiger partial charge in [0.05, 0.1) is 17.7 Å². The summed E-state index contributed by atoms with van der Waals surface area (Å²) in [5.74, 6) is -0.559. The fraction of sp³-hybridized carbons (Fsp3) is 0.167. The van der Waals surface area contributed by atoms with Gasteiger partial charge in [-0.3, -0.25) is 4.79 Å². The van der Waals surface area contributed by atoms with Crippen LogP contribution in [0.25, 0.3) is 0 Å². The first kappa shape index (κ1) is 23.7. The summed E-state index contributed by atoms with van der Waals surface area (Å²) in [6.07, 6.45) is 1.50. The summed E-state index contributed by atoms with van der Waals surface area (Å²) in [5.41, 5.74) is 5.86. The number of carbonyl (C=O) groups excluding carboxylic acids is 1. The van der Waals surface area contributed by atoms with Crippen LogP contribution in [0.4, 0.5) is 0 Å². The first-order valence-corrected chi connectivity index (χ1v) is 11.8. The van der Waals surface area contributed by atoms with E-state index in [0.29, 0.717) is 10.6 Å². The maximum atomic E-state index is 13.3. The molecule has 0 spiro atoms. The number of carbonyl (C=O) groups is 1. The maximum Gasteiger partial charge on any atom is 0.255 e. The van der Waals surface area contributed by atoms with Crippen molar-refractivity contribution in [3.05, 3.63) is 100 Å². The zero-order valence-corrected chi connectivity index (χ0v) is 19.4. The smallest absolute Gasteiger partial charge is 0.255 e. The van der Waals surface area contributed by atoms with Crippen molar-refractivity contribution in [2.45, 2.75) is 25.3 Å². The molecule has 0 heterocycles. The second kappa shape index (κ2) is 10.5. The molecule has 32 heavy (non-hydrogen) atoms. The lowest BCUT2D eigenvalue weighted by Crippen LogP contribution is -2.39. The molecule has 166 valence electrons. The Morgan fingerprint density at radius 2 is 1.56 bits per heavy atom. The van der Waals surface area contributed by atoms with E-state index in [0.717, 1.165) is 21.0 Å². The lowest BCUT2D eigenvalue weighted by atomic mass is 10.2. The van der Waals surface area contributed by atoms with Crippen molar-refractivity contribution in [3.63, 3.8) is 0 Å². The number of hydrazone groups is 1. The lowest BCUT2D eigenvalue weighted by molar-refractivity contribution is -0.121. The largest absolute Gasteiger partial charge is 0.272 e. The molecule has 0 saturated carbocycles. The Bertz CT molecular complexity index is 1210. The van der Waals surface area contributed by atoms with Crippen molar-refractivity contribution < 1.29 is 13.2 Å². The van der Waals surface area contributed by atoms with Gasteiger partial charge in [-0.1, -0.05) is 77.3 Å². The minimum atomic E-state index is -3.95. The molecule has 8 heteroatoms. The quantitative estimate of drug-likeness (QED) is 0.394. The number of halogens is 1. The molecule has 0 atom stereocenters. The van der Waals surface area contributed by atoms with E-state index in [9.17, 15) is 13.2 Å². The van der Waals surface area contributed by atoms with Crippen LogP contribution in [0, 0.1) is 13.8 Å². The Kier molecular flexibility index (Phi) is 7.80. The number of sulfonamides is 1. The van der Waals surface area contributed by atoms with Gasteiger partial charge in [0.25, 0.3) is 5.91 Å². The highest BCUT2D eigenvalue weighted by Gasteiger charge is 2.27. The fourth-order valence-electron chi connectivity index (χ4n) is 2.93. The monoisotopic (exact) mass is 469 g/mol. The molecule has 0 unspecified atom stereocenters. The summed E-state index contributed by atoms with van der Waals surface area (Å²) in [6.45, 7) is 3.39. The molecule has 0 saturated heterocycles. The van der Waals surface area contributed by atoms with Crippen LogP contribution in [-0.4, -0.2) is 31.4 Å². The zero-order valence-electron chi connectivity index (χ0n) is 17.8. The van der Waals surface area contributed by atoms with Gasteiger partial charge in [-0.2, -0.15) is 9.41 Å². The van der Waals surface area contributed by atoms with Gasteiger partial charge in [0.2, 0.25) is 10.0 Å². The van der Waals surface area contributed by atoms with E-state index in [-0.39, 0.29) is 11.4 Å². The van der Waals surface area contributed by atoms with Gasteiger partial charge in [-0.25, -0.2) is 13.8 Å². The Hall–Kier alpha value is -3.00. The van der Waals surface area contributed by atoms with Crippen molar-refractivity contribution in [3.8, 4) is 0 Å². The first-order valence-electron chi connectivity index (χ1n) is 9.94. The van der Waals surface area contributed by atoms with Gasteiger partial charge in [-0.15, -0.1) is 0 Å². The van der Waals surface area contributed by atoms with E-state index in [1.165, 1.54) is 18.3 Å². The Labute approximate surface area is 193 Å². The SMILES string of the molecule is Cc1ccc(/C=N\NC(=O)CN(Cc2ccccc2Cl)S(=O)(=O)c2ccc(C)cc2)cc1. The number of hydrogen-bond donors (Lipinski definition) is 1. The van der Waals surface area contributed by atoms with Crippen molar-refractivity contribution in [1.82, 2.24) is 9.73 Å². The van der Waals surface area contributed by atoms with Crippen LogP contribution in [0.1, 0.15) is 22.3 Å². The third-order valence-electron chi connectivity index (χ3n) is 4.76. The first-order chi connectivity index (χ1) is 15.3. The van der Waals surface area contributed by atoms with Crippen LogP contribution >= 0.6 is 11.6 Å². The number of nitrogens with one attached hydrogen (secondary N) is 1. The van der Waals surface area contributed by atoms with E-state index in [4.69, 9.17) is 11.6 Å². The summed E-state index contributed by atoms with van der Waals surface area (Å²) in [6, 6.07) is 21.0. The van der Waals surface area contributed by atoms with Crippen LogP contribution in [0.3, 0.4) is 0 Å². The highest BCUT2D eigenvalue weighted by Crippen LogP contribution is 2.22. The number of aryl methyl sites for hydroxylation is 2. The molecule has 0 aromatic heterocycles. The van der Waals surface area contributed by atoms with Crippen molar-refractivity contribution in [2.75, 3.05) is 6.54 Å². The molecule has 3 aromatic rings. The molecular weight excluding hydrogens is 446 g/mol. The number of hydrogen-bond acceptors (Lipinski definition) is 4. The van der Waals surface area contributed by atoms with Crippen LogP contribution in [-0.2, 0) is 21.4 Å². The average Bonchev–Trinajstić information content (AvgIpc) is 2.76. The summed E-state index contributed by atoms with van der Waals surface area (Å²) in [4.78, 5) is 12.6. The molecule has 6 nitrogen and oxygen atoms in total. The minimum Gasteiger partial charge on any atom is -0.272 e. The van der Waals surface area contributed by atoms with Crippen LogP contribution in [0.2, 0.25) is 5.02 Å². The number of nitrogens with zero attached hydrogens (tertiary/aromatic N) is 2. The average molecular weight is 470 g/mol. The Morgan fingerprint density at radius 3 is 2.19 bits per heavy atom. The second-order valence-electron chi connectivity index (χ2n) is 7.38. The Balaban J connectivity index is 1.80. The lowest BCUT2D eigenvalue weighted by Gasteiger charge is -2.22. The molecule has 0 aliphatic heterocycles. The number of rotatable bonds is 8. The summed E-state index contributed by atoms with van der Waals surface area (Å²) in [5, 5.41) is 4.37. The van der Waals surface area contributed by atoms with Gasteiger partial charge in [0.15, 0.2) is 0 Å². The van der Waals surface area contributed by atoms with E-state index in [1.54, 1.807) is 36.4 Å². The number of benzene rings is 3. The molecule has 3 rings (SSSR count). The molecule has 0 aliphatic rings. The van der Waals surface area contributed by atoms with E-state index in [2.05, 4.69) is 10.5 Å². The predicted molar refractivity (Wildman–Crippen MR) is 127 cm³/mol. The van der Waals surface area contributed by atoms with Crippen molar-refractivity contribution >= 4 is 33.7 Å². The van der Waals surface area contributed by atoms with E-state index >= 15 is 0 Å². The van der Waals surface area contributed by atoms with Gasteiger partial charge < -0.3 is 0 Å². The standard InChI is InChI=1S/C24H24ClN3O3S/c1-18-7-11-20(12-8-18)15-26-27-24(29)17-28(16-21-5-3-4-6-23(21)25)32(30,31)22-13-9-19(2)10-14-22/h3-15H,16-17H2,1-2H3,(H,27,29)/b26-15-. The predicted octanol–water partition coefficient (Wildman–Crippen LogP) is 4.30. The van der Waals surface area contributed by atoms with Crippen molar-refractivity contribution in [2.24, 2.45) is 5.10 Å². The third-order valence-corrected chi connectivity index (χ3v) is 6.94. The third kappa shape index (κ3) is 6.26.